The molecular weight excluding hydrogens is 367 g/mol. The average molecular weight is 381 g/mol. The van der Waals surface area contributed by atoms with Crippen LogP contribution in [0.4, 0.5) is 0 Å². The summed E-state index contributed by atoms with van der Waals surface area (Å²) in [7, 11) is 3.09. The summed E-state index contributed by atoms with van der Waals surface area (Å²) in [5.74, 6) is 1.01. The first-order chi connectivity index (χ1) is 9.56. The lowest BCUT2D eigenvalue weighted by Gasteiger charge is -2.12. The lowest BCUT2D eigenvalue weighted by Crippen LogP contribution is -2.05. The van der Waals surface area contributed by atoms with Gasteiger partial charge in [-0.2, -0.15) is 0 Å². The van der Waals surface area contributed by atoms with Crippen molar-refractivity contribution in [2.75, 3.05) is 14.2 Å². The number of benzene rings is 2. The average Bonchev–Trinajstić information content (AvgIpc) is 2.47. The fraction of sp³-hybridized carbons (Fsp3) is 0.125. The summed E-state index contributed by atoms with van der Waals surface area (Å²) in [5, 5.41) is 0. The van der Waals surface area contributed by atoms with Gasteiger partial charge in [-0.15, -0.1) is 0 Å². The van der Waals surface area contributed by atoms with Crippen LogP contribution < -0.4 is 9.47 Å². The summed E-state index contributed by atoms with van der Waals surface area (Å²) >= 11 is 2.20. The molecule has 3 nitrogen and oxygen atoms in total. The molecule has 0 bridgehead atoms. The monoisotopic (exact) mass is 381 g/mol. The Morgan fingerprint density at radius 1 is 1.05 bits per heavy atom. The van der Waals surface area contributed by atoms with Gasteiger partial charge >= 0.3 is 0 Å². The second-order valence-electron chi connectivity index (χ2n) is 4.20. The highest BCUT2D eigenvalue weighted by molar-refractivity contribution is 14.1. The van der Waals surface area contributed by atoms with E-state index in [0.717, 1.165) is 3.57 Å². The molecule has 0 saturated heterocycles. The maximum Gasteiger partial charge on any atom is 0.193 e. The van der Waals surface area contributed by atoms with E-state index >= 15 is 0 Å². The quantitative estimate of drug-likeness (QED) is 0.598. The summed E-state index contributed by atoms with van der Waals surface area (Å²) in [6.07, 6.45) is 0. The Hall–Kier alpha value is -1.56. The van der Waals surface area contributed by atoms with Gasteiger partial charge in [0.05, 0.1) is 14.2 Å². The van der Waals surface area contributed by atoms with E-state index in [9.17, 15) is 4.79 Å². The lowest BCUT2D eigenvalue weighted by molar-refractivity contribution is 0.103. The first-order valence-electron chi connectivity index (χ1n) is 5.95. The van der Waals surface area contributed by atoms with Gasteiger partial charge in [0.2, 0.25) is 0 Å². The number of ketones is 1. The minimum absolute atomic E-state index is 0.0765. The Morgan fingerprint density at radius 3 is 2.15 bits per heavy atom. The van der Waals surface area contributed by atoms with Gasteiger partial charge in [-0.25, -0.2) is 0 Å². The standard InChI is InChI=1S/C16H14IO3/c1-10-8-14(19-2)15(20-3)9-13(10)16(18)11-4-6-12(17)7-5-11/h4-9H,1H2,2-3H3. The van der Waals surface area contributed by atoms with Gasteiger partial charge in [0.1, 0.15) is 0 Å². The second kappa shape index (κ2) is 6.26. The summed E-state index contributed by atoms with van der Waals surface area (Å²) in [4.78, 5) is 12.5. The third kappa shape index (κ3) is 2.95. The molecule has 0 saturated carbocycles. The van der Waals surface area contributed by atoms with Crippen LogP contribution in [0.15, 0.2) is 36.4 Å². The van der Waals surface area contributed by atoms with Crippen molar-refractivity contribution in [2.24, 2.45) is 0 Å². The number of rotatable bonds is 4. The SMILES string of the molecule is [CH2]c1cc(OC)c(OC)cc1C(=O)c1ccc(I)cc1. The molecule has 0 aliphatic carbocycles. The van der Waals surface area contributed by atoms with Crippen LogP contribution in [0, 0.1) is 10.5 Å². The predicted molar refractivity (Wildman–Crippen MR) is 86.6 cm³/mol. The largest absolute Gasteiger partial charge is 0.493 e. The summed E-state index contributed by atoms with van der Waals surface area (Å²) in [6, 6.07) is 10.8. The number of ether oxygens (including phenoxy) is 2. The zero-order valence-corrected chi connectivity index (χ0v) is 13.4. The number of hydrogen-bond donors (Lipinski definition) is 0. The fourth-order valence-electron chi connectivity index (χ4n) is 1.89. The molecule has 0 atom stereocenters. The molecule has 2 aromatic carbocycles. The van der Waals surface area contributed by atoms with Crippen molar-refractivity contribution in [3.05, 3.63) is 63.6 Å². The Kier molecular flexibility index (Phi) is 4.65. The number of methoxy groups -OCH3 is 2. The van der Waals surface area contributed by atoms with E-state index in [-0.39, 0.29) is 5.78 Å². The Balaban J connectivity index is 2.46. The molecule has 0 aliphatic heterocycles. The normalized spacial score (nSPS) is 10.2. The van der Waals surface area contributed by atoms with E-state index in [0.29, 0.717) is 28.2 Å². The van der Waals surface area contributed by atoms with Crippen LogP contribution in [0.25, 0.3) is 0 Å². The van der Waals surface area contributed by atoms with Crippen LogP contribution in [0.5, 0.6) is 11.5 Å². The summed E-state index contributed by atoms with van der Waals surface area (Å²) in [5.41, 5.74) is 1.76. The van der Waals surface area contributed by atoms with Gasteiger partial charge in [-0.05, 0) is 71.5 Å². The minimum atomic E-state index is -0.0765. The van der Waals surface area contributed by atoms with Crippen LogP contribution in [-0.2, 0) is 0 Å². The van der Waals surface area contributed by atoms with Crippen LogP contribution in [0.1, 0.15) is 21.5 Å². The van der Waals surface area contributed by atoms with E-state index in [4.69, 9.17) is 9.47 Å². The molecule has 0 fully saturated rings. The third-order valence-corrected chi connectivity index (χ3v) is 3.68. The van der Waals surface area contributed by atoms with Crippen LogP contribution in [0.2, 0.25) is 0 Å². The molecule has 2 rings (SSSR count). The number of hydrogen-bond acceptors (Lipinski definition) is 3. The van der Waals surface area contributed by atoms with E-state index in [1.807, 2.05) is 12.1 Å². The molecule has 0 amide bonds. The van der Waals surface area contributed by atoms with Gasteiger partial charge in [0, 0.05) is 14.7 Å². The molecule has 0 N–H and O–H groups in total. The Labute approximate surface area is 132 Å². The van der Waals surface area contributed by atoms with E-state index < -0.39 is 0 Å². The maximum atomic E-state index is 12.5. The van der Waals surface area contributed by atoms with Gasteiger partial charge < -0.3 is 9.47 Å². The van der Waals surface area contributed by atoms with E-state index in [1.54, 1.807) is 38.5 Å². The highest BCUT2D eigenvalue weighted by Crippen LogP contribution is 2.31. The third-order valence-electron chi connectivity index (χ3n) is 2.96. The summed E-state index contributed by atoms with van der Waals surface area (Å²) < 4.78 is 11.5. The topological polar surface area (TPSA) is 35.5 Å². The minimum Gasteiger partial charge on any atom is -0.493 e. The molecule has 0 aliphatic rings. The first-order valence-corrected chi connectivity index (χ1v) is 7.03. The van der Waals surface area contributed by atoms with Crippen molar-refractivity contribution in [2.45, 2.75) is 0 Å². The van der Waals surface area contributed by atoms with Crippen LogP contribution >= 0.6 is 22.6 Å². The van der Waals surface area contributed by atoms with Gasteiger partial charge in [0.25, 0.3) is 0 Å². The number of carbonyl (C=O) groups excluding carboxylic acids is 1. The van der Waals surface area contributed by atoms with Crippen molar-refractivity contribution in [1.82, 2.24) is 0 Å². The van der Waals surface area contributed by atoms with Crippen LogP contribution in [-0.4, -0.2) is 20.0 Å². The predicted octanol–water partition coefficient (Wildman–Crippen LogP) is 3.72. The number of carbonyl (C=O) groups is 1. The molecule has 1 radical (unpaired) electrons. The molecule has 0 aromatic heterocycles. The highest BCUT2D eigenvalue weighted by Gasteiger charge is 2.16. The molecule has 103 valence electrons. The smallest absolute Gasteiger partial charge is 0.193 e. The van der Waals surface area contributed by atoms with Crippen molar-refractivity contribution >= 4 is 28.4 Å². The second-order valence-corrected chi connectivity index (χ2v) is 5.45. The Morgan fingerprint density at radius 2 is 1.60 bits per heavy atom. The van der Waals surface area contributed by atoms with Crippen molar-refractivity contribution < 1.29 is 14.3 Å². The molecule has 20 heavy (non-hydrogen) atoms. The Bertz CT molecular complexity index is 633. The first kappa shape index (κ1) is 14.8. The van der Waals surface area contributed by atoms with Gasteiger partial charge in [0.15, 0.2) is 17.3 Å². The zero-order chi connectivity index (χ0) is 14.7. The van der Waals surface area contributed by atoms with Crippen molar-refractivity contribution in [3.8, 4) is 11.5 Å². The van der Waals surface area contributed by atoms with Gasteiger partial charge in [-0.3, -0.25) is 4.79 Å². The highest BCUT2D eigenvalue weighted by atomic mass is 127. The van der Waals surface area contributed by atoms with Crippen LogP contribution in [0.3, 0.4) is 0 Å². The van der Waals surface area contributed by atoms with Gasteiger partial charge in [-0.1, -0.05) is 0 Å². The molecule has 4 heteroatoms. The van der Waals surface area contributed by atoms with E-state index in [1.165, 1.54) is 0 Å². The molecule has 0 heterocycles. The molecule has 0 spiro atoms. The number of halogens is 1. The zero-order valence-electron chi connectivity index (χ0n) is 11.3. The fourth-order valence-corrected chi connectivity index (χ4v) is 2.25. The maximum absolute atomic E-state index is 12.5. The van der Waals surface area contributed by atoms with Crippen molar-refractivity contribution in [3.63, 3.8) is 0 Å². The molecular formula is C16H14IO3. The molecule has 0 unspecified atom stereocenters. The lowest BCUT2D eigenvalue weighted by atomic mass is 9.98. The summed E-state index contributed by atoms with van der Waals surface area (Å²) in [6.45, 7) is 3.91. The molecule has 2 aromatic rings. The van der Waals surface area contributed by atoms with Crippen molar-refractivity contribution in [1.29, 1.82) is 0 Å². The van der Waals surface area contributed by atoms with E-state index in [2.05, 4.69) is 29.5 Å².